The number of hydrogen-bond donors (Lipinski definition) is 1. The minimum atomic E-state index is -0.166. The molecular formula is C17H28N2O2. The lowest BCUT2D eigenvalue weighted by molar-refractivity contribution is 0.0911. The Morgan fingerprint density at radius 2 is 1.57 bits per heavy atom. The lowest BCUT2D eigenvalue weighted by Gasteiger charge is -2.20. The van der Waals surface area contributed by atoms with Crippen molar-refractivity contribution in [1.29, 1.82) is 0 Å². The Labute approximate surface area is 127 Å². The van der Waals surface area contributed by atoms with Crippen LogP contribution in [0.1, 0.15) is 77.0 Å². The Hall–Kier alpha value is -1.32. The third-order valence-corrected chi connectivity index (χ3v) is 4.49. The number of rotatable bonds is 2. The summed E-state index contributed by atoms with van der Waals surface area (Å²) in [7, 11) is 0. The van der Waals surface area contributed by atoms with Crippen molar-refractivity contribution >= 4 is 11.4 Å². The molecule has 2 aliphatic rings. The van der Waals surface area contributed by atoms with Gasteiger partial charge < -0.3 is 10.0 Å². The topological polar surface area (TPSA) is 54.2 Å². The molecule has 0 saturated heterocycles. The maximum Gasteiger partial charge on any atom is 0.168 e. The summed E-state index contributed by atoms with van der Waals surface area (Å²) in [5.41, 5.74) is 2.87. The van der Waals surface area contributed by atoms with Crippen LogP contribution < -0.4 is 0 Å². The molecule has 0 aromatic heterocycles. The SMILES string of the molecule is C=C1CCCCCC/C1=N\OC1CCCCCC/C1=N\O. The van der Waals surface area contributed by atoms with Crippen LogP contribution >= 0.6 is 0 Å². The molecule has 4 heteroatoms. The van der Waals surface area contributed by atoms with E-state index in [1.54, 1.807) is 0 Å². The van der Waals surface area contributed by atoms with Crippen LogP contribution in [0, 0.1) is 0 Å². The summed E-state index contributed by atoms with van der Waals surface area (Å²) in [5, 5.41) is 17.0. The van der Waals surface area contributed by atoms with Gasteiger partial charge in [-0.2, -0.15) is 0 Å². The van der Waals surface area contributed by atoms with Gasteiger partial charge >= 0.3 is 0 Å². The maximum absolute atomic E-state index is 9.19. The second kappa shape index (κ2) is 8.85. The predicted molar refractivity (Wildman–Crippen MR) is 86.1 cm³/mol. The molecule has 2 aliphatic carbocycles. The van der Waals surface area contributed by atoms with Gasteiger partial charge in [0.1, 0.15) is 5.71 Å². The fourth-order valence-corrected chi connectivity index (χ4v) is 3.09. The molecule has 4 nitrogen and oxygen atoms in total. The highest BCUT2D eigenvalue weighted by atomic mass is 16.6. The van der Waals surface area contributed by atoms with E-state index in [1.807, 2.05) is 0 Å². The predicted octanol–water partition coefficient (Wildman–Crippen LogP) is 4.82. The van der Waals surface area contributed by atoms with E-state index in [4.69, 9.17) is 4.84 Å². The molecule has 0 heterocycles. The van der Waals surface area contributed by atoms with Crippen molar-refractivity contribution in [3.8, 4) is 0 Å². The summed E-state index contributed by atoms with van der Waals surface area (Å²) in [5.74, 6) is 0. The van der Waals surface area contributed by atoms with Crippen molar-refractivity contribution in [3.63, 3.8) is 0 Å². The van der Waals surface area contributed by atoms with E-state index in [2.05, 4.69) is 16.9 Å². The molecule has 0 aromatic carbocycles. The second-order valence-corrected chi connectivity index (χ2v) is 6.19. The van der Waals surface area contributed by atoms with Gasteiger partial charge in [-0.05, 0) is 56.9 Å². The Morgan fingerprint density at radius 1 is 0.905 bits per heavy atom. The summed E-state index contributed by atoms with van der Waals surface area (Å²) in [6.07, 6.45) is 13.0. The van der Waals surface area contributed by atoms with Gasteiger partial charge in [0.2, 0.25) is 0 Å². The van der Waals surface area contributed by atoms with E-state index < -0.39 is 0 Å². The van der Waals surface area contributed by atoms with Gasteiger partial charge in [-0.3, -0.25) is 0 Å². The van der Waals surface area contributed by atoms with Gasteiger partial charge in [-0.25, -0.2) is 0 Å². The van der Waals surface area contributed by atoms with Gasteiger partial charge in [0.15, 0.2) is 6.10 Å². The molecule has 1 N–H and O–H groups in total. The average molecular weight is 292 g/mol. The summed E-state index contributed by atoms with van der Waals surface area (Å²) in [6, 6.07) is 0. The van der Waals surface area contributed by atoms with Crippen LogP contribution in [0.4, 0.5) is 0 Å². The molecule has 0 spiro atoms. The Bertz CT molecular complexity index is 402. The monoisotopic (exact) mass is 292 g/mol. The highest BCUT2D eigenvalue weighted by Crippen LogP contribution is 2.21. The molecule has 0 aliphatic heterocycles. The third kappa shape index (κ3) is 5.18. The summed E-state index contributed by atoms with van der Waals surface area (Å²) >= 11 is 0. The molecule has 0 bridgehead atoms. The van der Waals surface area contributed by atoms with Crippen molar-refractivity contribution < 1.29 is 10.0 Å². The molecule has 1 unspecified atom stereocenters. The molecule has 21 heavy (non-hydrogen) atoms. The quantitative estimate of drug-likeness (QED) is 0.586. The van der Waals surface area contributed by atoms with Crippen molar-refractivity contribution in [1.82, 2.24) is 0 Å². The zero-order valence-corrected chi connectivity index (χ0v) is 13.0. The molecule has 0 radical (unpaired) electrons. The smallest absolute Gasteiger partial charge is 0.168 e. The van der Waals surface area contributed by atoms with Crippen LogP contribution in [0.3, 0.4) is 0 Å². The molecule has 2 fully saturated rings. The van der Waals surface area contributed by atoms with E-state index >= 15 is 0 Å². The van der Waals surface area contributed by atoms with E-state index in [9.17, 15) is 5.21 Å². The zero-order valence-electron chi connectivity index (χ0n) is 13.0. The van der Waals surface area contributed by atoms with Gasteiger partial charge in [0.05, 0.1) is 5.71 Å². The van der Waals surface area contributed by atoms with Crippen LogP contribution in [-0.4, -0.2) is 22.7 Å². The molecule has 2 rings (SSSR count). The van der Waals surface area contributed by atoms with Crippen LogP contribution in [0.2, 0.25) is 0 Å². The minimum Gasteiger partial charge on any atom is -0.411 e. The summed E-state index contributed by atoms with van der Waals surface area (Å²) < 4.78 is 0. The number of nitrogens with zero attached hydrogens (tertiary/aromatic N) is 2. The Morgan fingerprint density at radius 3 is 2.33 bits per heavy atom. The first-order valence-electron chi connectivity index (χ1n) is 8.43. The lowest BCUT2D eigenvalue weighted by Crippen LogP contribution is -2.25. The largest absolute Gasteiger partial charge is 0.411 e. The number of oxime groups is 2. The second-order valence-electron chi connectivity index (χ2n) is 6.19. The molecular weight excluding hydrogens is 264 g/mol. The fraction of sp³-hybridized carbons (Fsp3) is 0.765. The van der Waals surface area contributed by atoms with Gasteiger partial charge in [-0.1, -0.05) is 42.6 Å². The van der Waals surface area contributed by atoms with Crippen LogP contribution in [-0.2, 0) is 4.84 Å². The lowest BCUT2D eigenvalue weighted by atomic mass is 9.96. The average Bonchev–Trinajstić information content (AvgIpc) is 2.45. The maximum atomic E-state index is 9.19. The summed E-state index contributed by atoms with van der Waals surface area (Å²) in [4.78, 5) is 5.76. The fourth-order valence-electron chi connectivity index (χ4n) is 3.09. The standard InChI is InChI=1S/C17H28N2O2/c1-14-10-6-2-3-7-11-15(14)19-21-17-13-9-5-4-8-12-16(17)18-20/h17,20H,1-13H2/b18-16+,19-15+. The first-order chi connectivity index (χ1) is 10.3. The molecule has 0 amide bonds. The molecule has 1 atom stereocenters. The van der Waals surface area contributed by atoms with E-state index in [-0.39, 0.29) is 6.10 Å². The van der Waals surface area contributed by atoms with Gasteiger partial charge in [0, 0.05) is 0 Å². The molecule has 0 aromatic rings. The van der Waals surface area contributed by atoms with Crippen LogP contribution in [0.25, 0.3) is 0 Å². The minimum absolute atomic E-state index is 0.166. The van der Waals surface area contributed by atoms with Crippen molar-refractivity contribution in [2.75, 3.05) is 0 Å². The highest BCUT2D eigenvalue weighted by Gasteiger charge is 2.21. The summed E-state index contributed by atoms with van der Waals surface area (Å²) in [6.45, 7) is 4.14. The Balaban J connectivity index is 1.99. The molecule has 2 saturated carbocycles. The molecule has 118 valence electrons. The van der Waals surface area contributed by atoms with Gasteiger partial charge in [0.25, 0.3) is 0 Å². The van der Waals surface area contributed by atoms with E-state index in [0.717, 1.165) is 61.9 Å². The number of allylic oxidation sites excluding steroid dienone is 1. The van der Waals surface area contributed by atoms with Crippen molar-refractivity contribution in [3.05, 3.63) is 12.2 Å². The van der Waals surface area contributed by atoms with Gasteiger partial charge in [-0.15, -0.1) is 0 Å². The van der Waals surface area contributed by atoms with Crippen molar-refractivity contribution in [2.45, 2.75) is 83.2 Å². The third-order valence-electron chi connectivity index (χ3n) is 4.49. The van der Waals surface area contributed by atoms with Crippen LogP contribution in [0.5, 0.6) is 0 Å². The first-order valence-corrected chi connectivity index (χ1v) is 8.43. The first kappa shape index (κ1) is 16.1. The van der Waals surface area contributed by atoms with Crippen LogP contribution in [0.15, 0.2) is 22.5 Å². The highest BCUT2D eigenvalue weighted by molar-refractivity contribution is 5.99. The van der Waals surface area contributed by atoms with E-state index in [1.165, 1.54) is 32.1 Å². The Kier molecular flexibility index (Phi) is 6.77. The van der Waals surface area contributed by atoms with Crippen molar-refractivity contribution in [2.24, 2.45) is 10.3 Å². The zero-order chi connectivity index (χ0) is 14.9. The number of hydrogen-bond acceptors (Lipinski definition) is 4. The normalized spacial score (nSPS) is 29.5. The van der Waals surface area contributed by atoms with E-state index in [0.29, 0.717) is 0 Å².